The molecule has 1 aromatic carbocycles. The first-order chi connectivity index (χ1) is 11.5. The van der Waals surface area contributed by atoms with Crippen molar-refractivity contribution in [1.29, 1.82) is 0 Å². The lowest BCUT2D eigenvalue weighted by Crippen LogP contribution is -2.26. The van der Waals surface area contributed by atoms with Crippen molar-refractivity contribution in [3.8, 4) is 0 Å². The fourth-order valence-corrected chi connectivity index (χ4v) is 2.03. The Morgan fingerprint density at radius 2 is 1.67 bits per heavy atom. The van der Waals surface area contributed by atoms with Gasteiger partial charge in [0.05, 0.1) is 0 Å². The zero-order valence-electron chi connectivity index (χ0n) is 13.6. The second kappa shape index (κ2) is 8.01. The van der Waals surface area contributed by atoms with Crippen LogP contribution in [0.15, 0.2) is 42.5 Å². The van der Waals surface area contributed by atoms with Crippen molar-refractivity contribution in [3.63, 3.8) is 0 Å². The van der Waals surface area contributed by atoms with Crippen LogP contribution < -0.4 is 10.6 Å². The van der Waals surface area contributed by atoms with Crippen LogP contribution in [0.1, 0.15) is 51.6 Å². The summed E-state index contributed by atoms with van der Waals surface area (Å²) >= 11 is 0. The number of hydrogen-bond acceptors (Lipinski definition) is 4. The molecule has 1 aromatic heterocycles. The summed E-state index contributed by atoms with van der Waals surface area (Å²) in [7, 11) is 0. The molecule has 2 aromatic rings. The summed E-state index contributed by atoms with van der Waals surface area (Å²) in [4.78, 5) is 39.7. The highest BCUT2D eigenvalue weighted by atomic mass is 16.2. The molecule has 0 saturated carbocycles. The minimum Gasteiger partial charge on any atom is -0.351 e. The Hall–Kier alpha value is -3.02. The molecule has 0 aliphatic carbocycles. The lowest BCUT2D eigenvalue weighted by Gasteiger charge is -2.07. The Kier molecular flexibility index (Phi) is 5.78. The van der Waals surface area contributed by atoms with Crippen LogP contribution in [0.3, 0.4) is 0 Å². The van der Waals surface area contributed by atoms with E-state index in [1.807, 2.05) is 6.92 Å². The molecular formula is C18H19N3O3. The van der Waals surface area contributed by atoms with Crippen molar-refractivity contribution < 1.29 is 14.4 Å². The molecule has 6 heteroatoms. The Balaban J connectivity index is 2.14. The van der Waals surface area contributed by atoms with Gasteiger partial charge >= 0.3 is 0 Å². The van der Waals surface area contributed by atoms with Gasteiger partial charge in [0, 0.05) is 17.8 Å². The number of benzene rings is 1. The van der Waals surface area contributed by atoms with E-state index in [1.165, 1.54) is 13.0 Å². The maximum atomic E-state index is 12.3. The zero-order chi connectivity index (χ0) is 17.5. The molecule has 2 rings (SSSR count). The van der Waals surface area contributed by atoms with Gasteiger partial charge in [0.2, 0.25) is 0 Å². The number of rotatable bonds is 6. The molecule has 24 heavy (non-hydrogen) atoms. The molecule has 1 heterocycles. The van der Waals surface area contributed by atoms with Crippen LogP contribution in [0.2, 0.25) is 0 Å². The number of Topliss-reactive ketones (excluding diaryl/α,β-unsaturated/α-hetero) is 1. The van der Waals surface area contributed by atoms with Crippen LogP contribution in [0, 0.1) is 0 Å². The normalized spacial score (nSPS) is 10.1. The molecule has 2 N–H and O–H groups in total. The van der Waals surface area contributed by atoms with Gasteiger partial charge in [0.15, 0.2) is 5.78 Å². The van der Waals surface area contributed by atoms with E-state index in [0.717, 1.165) is 6.42 Å². The summed E-state index contributed by atoms with van der Waals surface area (Å²) in [6.45, 7) is 3.96. The number of anilines is 1. The molecule has 0 aliphatic rings. The number of ketones is 1. The number of nitrogens with zero attached hydrogens (tertiary/aromatic N) is 1. The first kappa shape index (κ1) is 17.3. The largest absolute Gasteiger partial charge is 0.351 e. The van der Waals surface area contributed by atoms with E-state index in [1.54, 1.807) is 36.4 Å². The summed E-state index contributed by atoms with van der Waals surface area (Å²) in [6.07, 6.45) is 0.818. The third-order valence-electron chi connectivity index (χ3n) is 3.28. The van der Waals surface area contributed by atoms with E-state index >= 15 is 0 Å². The first-order valence-electron chi connectivity index (χ1n) is 7.69. The number of pyridine rings is 1. The molecule has 0 fully saturated rings. The van der Waals surface area contributed by atoms with Crippen molar-refractivity contribution in [2.45, 2.75) is 20.3 Å². The SMILES string of the molecule is CCCNC(=O)c1cccc(C(=O)Nc2cccc(C(C)=O)c2)n1. The van der Waals surface area contributed by atoms with Gasteiger partial charge in [-0.05, 0) is 37.6 Å². The van der Waals surface area contributed by atoms with Gasteiger partial charge in [-0.15, -0.1) is 0 Å². The lowest BCUT2D eigenvalue weighted by atomic mass is 10.1. The molecule has 0 spiro atoms. The molecule has 2 amide bonds. The summed E-state index contributed by atoms with van der Waals surface area (Å²) < 4.78 is 0. The Morgan fingerprint density at radius 1 is 1.00 bits per heavy atom. The van der Waals surface area contributed by atoms with Crippen molar-refractivity contribution in [3.05, 3.63) is 59.4 Å². The number of nitrogens with one attached hydrogen (secondary N) is 2. The average Bonchev–Trinajstić information content (AvgIpc) is 2.60. The second-order valence-electron chi connectivity index (χ2n) is 5.26. The maximum Gasteiger partial charge on any atom is 0.274 e. The van der Waals surface area contributed by atoms with E-state index in [4.69, 9.17) is 0 Å². The Morgan fingerprint density at radius 3 is 2.33 bits per heavy atom. The molecule has 0 unspecified atom stereocenters. The highest BCUT2D eigenvalue weighted by Crippen LogP contribution is 2.12. The summed E-state index contributed by atoms with van der Waals surface area (Å²) in [5.41, 5.74) is 1.32. The minimum absolute atomic E-state index is 0.0844. The number of carbonyl (C=O) groups excluding carboxylic acids is 3. The van der Waals surface area contributed by atoms with E-state index in [2.05, 4.69) is 15.6 Å². The third kappa shape index (κ3) is 4.49. The van der Waals surface area contributed by atoms with Crippen LogP contribution in [0.5, 0.6) is 0 Å². The van der Waals surface area contributed by atoms with Crippen molar-refractivity contribution in [2.75, 3.05) is 11.9 Å². The predicted octanol–water partition coefficient (Wildman–Crippen LogP) is 2.68. The van der Waals surface area contributed by atoms with E-state index in [9.17, 15) is 14.4 Å². The standard InChI is InChI=1S/C18H19N3O3/c1-3-10-19-17(23)15-8-5-9-16(21-15)18(24)20-14-7-4-6-13(11-14)12(2)22/h4-9,11H,3,10H2,1-2H3,(H,19,23)(H,20,24). The van der Waals surface area contributed by atoms with Gasteiger partial charge < -0.3 is 10.6 Å². The monoisotopic (exact) mass is 325 g/mol. The third-order valence-corrected chi connectivity index (χ3v) is 3.28. The molecule has 6 nitrogen and oxygen atoms in total. The van der Waals surface area contributed by atoms with Gasteiger partial charge in [-0.2, -0.15) is 0 Å². The topological polar surface area (TPSA) is 88.2 Å². The quantitative estimate of drug-likeness (QED) is 0.799. The first-order valence-corrected chi connectivity index (χ1v) is 7.69. The fourth-order valence-electron chi connectivity index (χ4n) is 2.03. The van der Waals surface area contributed by atoms with Gasteiger partial charge in [-0.3, -0.25) is 14.4 Å². The van der Waals surface area contributed by atoms with Crippen molar-refractivity contribution in [2.24, 2.45) is 0 Å². The van der Waals surface area contributed by atoms with Crippen LogP contribution in [-0.4, -0.2) is 29.1 Å². The average molecular weight is 325 g/mol. The predicted molar refractivity (Wildman–Crippen MR) is 91.3 cm³/mol. The highest BCUT2D eigenvalue weighted by molar-refractivity contribution is 6.04. The van der Waals surface area contributed by atoms with Crippen molar-refractivity contribution >= 4 is 23.3 Å². The van der Waals surface area contributed by atoms with Gasteiger partial charge in [0.1, 0.15) is 11.4 Å². The van der Waals surface area contributed by atoms with E-state index in [-0.39, 0.29) is 23.1 Å². The van der Waals surface area contributed by atoms with E-state index < -0.39 is 5.91 Å². The van der Waals surface area contributed by atoms with Gasteiger partial charge in [-0.25, -0.2) is 4.98 Å². The smallest absolute Gasteiger partial charge is 0.274 e. The van der Waals surface area contributed by atoms with E-state index in [0.29, 0.717) is 17.8 Å². The summed E-state index contributed by atoms with van der Waals surface area (Å²) in [6, 6.07) is 11.3. The highest BCUT2D eigenvalue weighted by Gasteiger charge is 2.12. The number of amides is 2. The summed E-state index contributed by atoms with van der Waals surface area (Å²) in [5.74, 6) is -0.843. The molecule has 0 bridgehead atoms. The lowest BCUT2D eigenvalue weighted by molar-refractivity contribution is 0.0947. The van der Waals surface area contributed by atoms with Crippen LogP contribution in [0.25, 0.3) is 0 Å². The minimum atomic E-state index is -0.444. The fraction of sp³-hybridized carbons (Fsp3) is 0.222. The second-order valence-corrected chi connectivity index (χ2v) is 5.26. The zero-order valence-corrected chi connectivity index (χ0v) is 13.6. The molecule has 0 aliphatic heterocycles. The number of aromatic nitrogens is 1. The van der Waals surface area contributed by atoms with Crippen LogP contribution in [-0.2, 0) is 0 Å². The maximum absolute atomic E-state index is 12.3. The van der Waals surface area contributed by atoms with Gasteiger partial charge in [-0.1, -0.05) is 25.1 Å². The molecule has 0 atom stereocenters. The van der Waals surface area contributed by atoms with Crippen LogP contribution in [0.4, 0.5) is 5.69 Å². The Bertz CT molecular complexity index is 772. The molecular weight excluding hydrogens is 306 g/mol. The molecule has 0 radical (unpaired) electrons. The number of hydrogen-bond donors (Lipinski definition) is 2. The van der Waals surface area contributed by atoms with Crippen molar-refractivity contribution in [1.82, 2.24) is 10.3 Å². The number of carbonyl (C=O) groups is 3. The molecule has 0 saturated heterocycles. The van der Waals surface area contributed by atoms with Gasteiger partial charge in [0.25, 0.3) is 11.8 Å². The Labute approximate surface area is 140 Å². The van der Waals surface area contributed by atoms with Crippen LogP contribution >= 0.6 is 0 Å². The molecule has 124 valence electrons. The summed E-state index contributed by atoms with van der Waals surface area (Å²) in [5, 5.41) is 5.39.